The third-order valence-electron chi connectivity index (χ3n) is 10.9. The van der Waals surface area contributed by atoms with Gasteiger partial charge in [0.15, 0.2) is 0 Å². The van der Waals surface area contributed by atoms with Gasteiger partial charge < -0.3 is 20.9 Å². The summed E-state index contributed by atoms with van der Waals surface area (Å²) in [6, 6.07) is 1.42. The lowest BCUT2D eigenvalue weighted by molar-refractivity contribution is -0.137. The van der Waals surface area contributed by atoms with E-state index in [1.165, 1.54) is 64.3 Å². The highest BCUT2D eigenvalue weighted by molar-refractivity contribution is 5.79. The van der Waals surface area contributed by atoms with Crippen LogP contribution in [0, 0.1) is 29.6 Å². The summed E-state index contributed by atoms with van der Waals surface area (Å²) < 4.78 is 0. The summed E-state index contributed by atoms with van der Waals surface area (Å²) in [5.41, 5.74) is 5.65. The van der Waals surface area contributed by atoms with Gasteiger partial charge in [0.25, 0.3) is 0 Å². The predicted octanol–water partition coefficient (Wildman–Crippen LogP) is 2.71. The molecule has 0 bridgehead atoms. The maximum atomic E-state index is 13.4. The van der Waals surface area contributed by atoms with Crippen molar-refractivity contribution >= 4 is 5.91 Å². The van der Waals surface area contributed by atoms with Gasteiger partial charge in [-0.2, -0.15) is 0 Å². The molecule has 5 fully saturated rings. The van der Waals surface area contributed by atoms with Crippen molar-refractivity contribution < 1.29 is 4.79 Å². The average molecular weight is 517 g/mol. The van der Waals surface area contributed by atoms with Crippen LogP contribution in [0.2, 0.25) is 0 Å². The Hall–Kier alpha value is -0.730. The van der Waals surface area contributed by atoms with Gasteiger partial charge in [0.2, 0.25) is 5.91 Å². The summed E-state index contributed by atoms with van der Waals surface area (Å²) >= 11 is 0. The molecular weight excluding hydrogens is 460 g/mol. The molecule has 1 amide bonds. The second-order valence-electron chi connectivity index (χ2n) is 13.4. The second-order valence-corrected chi connectivity index (χ2v) is 13.4. The van der Waals surface area contributed by atoms with Crippen molar-refractivity contribution in [2.45, 2.75) is 89.1 Å². The molecule has 0 aromatic heterocycles. The Morgan fingerprint density at radius 1 is 0.892 bits per heavy atom. The van der Waals surface area contributed by atoms with Crippen molar-refractivity contribution in [3.05, 3.63) is 0 Å². The predicted molar refractivity (Wildman–Crippen MR) is 151 cm³/mol. The first-order valence-corrected chi connectivity index (χ1v) is 16.0. The van der Waals surface area contributed by atoms with E-state index in [1.54, 1.807) is 0 Å². The molecule has 5 aliphatic rings. The van der Waals surface area contributed by atoms with Crippen LogP contribution < -0.4 is 16.4 Å². The Morgan fingerprint density at radius 3 is 2.57 bits per heavy atom. The Morgan fingerprint density at radius 2 is 1.73 bits per heavy atom. The summed E-state index contributed by atoms with van der Waals surface area (Å²) in [7, 11) is 2.19. The lowest BCUT2D eigenvalue weighted by atomic mass is 9.69. The fourth-order valence-electron chi connectivity index (χ4n) is 8.61. The number of rotatable bonds is 8. The van der Waals surface area contributed by atoms with Crippen molar-refractivity contribution in [3.8, 4) is 0 Å². The van der Waals surface area contributed by atoms with Crippen LogP contribution >= 0.6 is 0 Å². The van der Waals surface area contributed by atoms with Gasteiger partial charge in [0.1, 0.15) is 0 Å². The second kappa shape index (κ2) is 13.6. The first-order valence-electron chi connectivity index (χ1n) is 16.0. The molecular formula is C30H56N6O. The molecule has 0 aromatic carbocycles. The Bertz CT molecular complexity index is 712. The zero-order valence-electron chi connectivity index (χ0n) is 23.7. The molecule has 7 nitrogen and oxygen atoms in total. The van der Waals surface area contributed by atoms with E-state index in [0.717, 1.165) is 95.5 Å². The maximum absolute atomic E-state index is 13.4. The zero-order valence-corrected chi connectivity index (χ0v) is 23.7. The average Bonchev–Trinajstić information content (AvgIpc) is 3.19. The van der Waals surface area contributed by atoms with Gasteiger partial charge in [-0.1, -0.05) is 6.42 Å². The number of carbonyl (C=O) groups excluding carboxylic acids is 1. The molecule has 0 radical (unpaired) electrons. The van der Waals surface area contributed by atoms with E-state index >= 15 is 0 Å². The molecule has 2 saturated heterocycles. The fraction of sp³-hybridized carbons (Fsp3) is 0.967. The quantitative estimate of drug-likeness (QED) is 0.431. The molecule has 5 atom stereocenters. The summed E-state index contributed by atoms with van der Waals surface area (Å²) in [5, 5.41) is 7.42. The van der Waals surface area contributed by atoms with Gasteiger partial charge in [0, 0.05) is 63.9 Å². The van der Waals surface area contributed by atoms with Gasteiger partial charge in [-0.05, 0) is 114 Å². The molecule has 3 saturated carbocycles. The highest BCUT2D eigenvalue weighted by Crippen LogP contribution is 2.42. The molecule has 37 heavy (non-hydrogen) atoms. The molecule has 2 heterocycles. The highest BCUT2D eigenvalue weighted by Gasteiger charge is 2.42. The number of nitrogens with two attached hydrogens (primary N) is 1. The fourth-order valence-corrected chi connectivity index (χ4v) is 8.61. The normalized spacial score (nSPS) is 38.3. The topological polar surface area (TPSA) is 76.9 Å². The number of amides is 1. The van der Waals surface area contributed by atoms with Crippen molar-refractivity contribution in [1.29, 1.82) is 0 Å². The van der Waals surface area contributed by atoms with E-state index < -0.39 is 0 Å². The molecule has 7 heteroatoms. The summed E-state index contributed by atoms with van der Waals surface area (Å²) in [6.07, 6.45) is 15.7. The first-order chi connectivity index (χ1) is 18.1. The van der Waals surface area contributed by atoms with Crippen LogP contribution in [-0.2, 0) is 4.79 Å². The highest BCUT2D eigenvalue weighted by atomic mass is 16.2. The molecule has 5 unspecified atom stereocenters. The lowest BCUT2D eigenvalue weighted by Crippen LogP contribution is -2.46. The molecule has 4 N–H and O–H groups in total. The minimum absolute atomic E-state index is 0.266. The Balaban J connectivity index is 1.09. The number of nitrogens with zero attached hydrogens (tertiary/aromatic N) is 3. The van der Waals surface area contributed by atoms with Crippen LogP contribution in [0.25, 0.3) is 0 Å². The SMILES string of the molecule is CN1CCCN(C(=O)C2CCCC(CN3CNC4CCC(C5CCC(CNCCN)CC5)CC43)C2)CC1. The third-order valence-corrected chi connectivity index (χ3v) is 10.9. The number of fused-ring (bicyclic) bond motifs is 1. The largest absolute Gasteiger partial charge is 0.341 e. The Labute approximate surface area is 226 Å². The number of likely N-dealkylation sites (N-methyl/N-ethyl adjacent to an activating group) is 1. The van der Waals surface area contributed by atoms with Gasteiger partial charge in [-0.3, -0.25) is 15.0 Å². The van der Waals surface area contributed by atoms with Crippen LogP contribution in [-0.4, -0.2) is 98.8 Å². The van der Waals surface area contributed by atoms with Crippen LogP contribution in [0.5, 0.6) is 0 Å². The Kier molecular flexibility index (Phi) is 10.2. The van der Waals surface area contributed by atoms with E-state index in [4.69, 9.17) is 5.73 Å². The molecule has 0 aromatic rings. The van der Waals surface area contributed by atoms with Gasteiger partial charge in [-0.25, -0.2) is 0 Å². The zero-order chi connectivity index (χ0) is 25.6. The first kappa shape index (κ1) is 27.8. The molecule has 3 aliphatic carbocycles. The third kappa shape index (κ3) is 7.27. The van der Waals surface area contributed by atoms with Crippen molar-refractivity contribution in [2.24, 2.45) is 35.3 Å². The van der Waals surface area contributed by atoms with Crippen LogP contribution in [0.3, 0.4) is 0 Å². The standard InChI is InChI=1S/C30H56N6O/c1-34-14-3-15-35(17-16-34)30(37)27-5-2-4-24(18-27)21-36-22-33-28-11-10-26(19-29(28)36)25-8-6-23(7-9-25)20-32-13-12-31/h23-29,32-33H,2-22,31H2,1H3. The number of hydrogen-bond donors (Lipinski definition) is 3. The summed E-state index contributed by atoms with van der Waals surface area (Å²) in [6.45, 7) is 9.16. The summed E-state index contributed by atoms with van der Waals surface area (Å²) in [5.74, 6) is 4.14. The molecule has 2 aliphatic heterocycles. The van der Waals surface area contributed by atoms with Gasteiger partial charge >= 0.3 is 0 Å². The number of carbonyl (C=O) groups is 1. The van der Waals surface area contributed by atoms with E-state index in [9.17, 15) is 4.79 Å². The molecule has 212 valence electrons. The van der Waals surface area contributed by atoms with Gasteiger partial charge in [0.05, 0.1) is 0 Å². The van der Waals surface area contributed by atoms with E-state index in [-0.39, 0.29) is 5.92 Å². The van der Waals surface area contributed by atoms with E-state index in [1.807, 2.05) is 0 Å². The van der Waals surface area contributed by atoms with Gasteiger partial charge in [-0.15, -0.1) is 0 Å². The molecule has 5 rings (SSSR count). The van der Waals surface area contributed by atoms with Crippen molar-refractivity contribution in [2.75, 3.05) is 66.1 Å². The van der Waals surface area contributed by atoms with E-state index in [0.29, 0.717) is 17.9 Å². The molecule has 0 spiro atoms. The van der Waals surface area contributed by atoms with Crippen molar-refractivity contribution in [3.63, 3.8) is 0 Å². The number of nitrogens with one attached hydrogen (secondary N) is 2. The number of hydrogen-bond acceptors (Lipinski definition) is 6. The van der Waals surface area contributed by atoms with Crippen LogP contribution in [0.4, 0.5) is 0 Å². The van der Waals surface area contributed by atoms with Crippen molar-refractivity contribution in [1.82, 2.24) is 25.3 Å². The minimum Gasteiger partial charge on any atom is -0.341 e. The summed E-state index contributed by atoms with van der Waals surface area (Å²) in [4.78, 5) is 20.8. The minimum atomic E-state index is 0.266. The van der Waals surface area contributed by atoms with E-state index in [2.05, 4.69) is 32.4 Å². The smallest absolute Gasteiger partial charge is 0.225 e. The lowest BCUT2D eigenvalue weighted by Gasteiger charge is -2.42. The van der Waals surface area contributed by atoms with Crippen LogP contribution in [0.1, 0.15) is 77.0 Å². The van der Waals surface area contributed by atoms with Crippen LogP contribution in [0.15, 0.2) is 0 Å². The monoisotopic (exact) mass is 516 g/mol. The maximum Gasteiger partial charge on any atom is 0.225 e.